The Morgan fingerprint density at radius 2 is 1.94 bits per heavy atom. The molecular formula is C25H24BrN7O. The number of pyridine rings is 1. The van der Waals surface area contributed by atoms with Crippen molar-refractivity contribution in [3.05, 3.63) is 71.0 Å². The fourth-order valence-electron chi connectivity index (χ4n) is 4.01. The Kier molecular flexibility index (Phi) is 6.12. The van der Waals surface area contributed by atoms with Crippen molar-refractivity contribution in [2.75, 3.05) is 42.7 Å². The van der Waals surface area contributed by atoms with Crippen molar-refractivity contribution in [2.24, 2.45) is 0 Å². The highest BCUT2D eigenvalue weighted by atomic mass is 79.9. The minimum Gasteiger partial charge on any atom is -0.339 e. The summed E-state index contributed by atoms with van der Waals surface area (Å²) in [6, 6.07) is 15.9. The van der Waals surface area contributed by atoms with Gasteiger partial charge >= 0.3 is 0 Å². The zero-order chi connectivity index (χ0) is 23.7. The van der Waals surface area contributed by atoms with Gasteiger partial charge in [-0.2, -0.15) is 4.98 Å². The van der Waals surface area contributed by atoms with Crippen molar-refractivity contribution in [1.82, 2.24) is 19.9 Å². The summed E-state index contributed by atoms with van der Waals surface area (Å²) in [5.74, 6) is 1.21. The summed E-state index contributed by atoms with van der Waals surface area (Å²) in [5.41, 5.74) is 4.71. The van der Waals surface area contributed by atoms with E-state index in [2.05, 4.69) is 47.6 Å². The Labute approximate surface area is 206 Å². The molecule has 0 unspecified atom stereocenters. The van der Waals surface area contributed by atoms with E-state index in [1.165, 1.54) is 5.56 Å². The Bertz CT molecular complexity index is 1370. The van der Waals surface area contributed by atoms with E-state index in [0.717, 1.165) is 38.9 Å². The number of amides is 1. The first kappa shape index (κ1) is 22.2. The number of fused-ring (bicyclic) bond motifs is 2. The molecular weight excluding hydrogens is 494 g/mol. The molecule has 0 spiro atoms. The van der Waals surface area contributed by atoms with Gasteiger partial charge in [0.25, 0.3) is 0 Å². The number of rotatable bonds is 6. The third kappa shape index (κ3) is 4.85. The molecule has 9 heteroatoms. The first-order valence-corrected chi connectivity index (χ1v) is 11.7. The number of anilines is 5. The molecule has 4 aromatic rings. The minimum absolute atomic E-state index is 0.0966. The van der Waals surface area contributed by atoms with Crippen molar-refractivity contribution in [1.29, 1.82) is 0 Å². The van der Waals surface area contributed by atoms with Gasteiger partial charge < -0.3 is 20.4 Å². The van der Waals surface area contributed by atoms with Crippen molar-refractivity contribution in [3.63, 3.8) is 0 Å². The SMILES string of the molecule is CN(C)CC(=O)N1CCc2ccc(Nc3nccc(Nc4cnc5ccc(Br)cc5c4)n3)cc21. The average molecular weight is 518 g/mol. The maximum Gasteiger partial charge on any atom is 0.241 e. The van der Waals surface area contributed by atoms with Crippen molar-refractivity contribution < 1.29 is 4.79 Å². The normalized spacial score (nSPS) is 12.8. The Hall–Kier alpha value is -3.56. The van der Waals surface area contributed by atoms with Gasteiger partial charge in [0.15, 0.2) is 0 Å². The van der Waals surface area contributed by atoms with E-state index in [-0.39, 0.29) is 5.91 Å². The van der Waals surface area contributed by atoms with Gasteiger partial charge in [-0.05, 0) is 68.5 Å². The van der Waals surface area contributed by atoms with Gasteiger partial charge in [0.1, 0.15) is 5.82 Å². The number of nitrogens with one attached hydrogen (secondary N) is 2. The maximum atomic E-state index is 12.6. The number of hydrogen-bond acceptors (Lipinski definition) is 7. The molecule has 172 valence electrons. The van der Waals surface area contributed by atoms with Crippen LogP contribution in [0.3, 0.4) is 0 Å². The van der Waals surface area contributed by atoms with E-state index < -0.39 is 0 Å². The fraction of sp³-hybridized carbons (Fsp3) is 0.200. The zero-order valence-corrected chi connectivity index (χ0v) is 20.5. The molecule has 8 nitrogen and oxygen atoms in total. The van der Waals surface area contributed by atoms with Crippen LogP contribution in [0.25, 0.3) is 10.9 Å². The summed E-state index contributed by atoms with van der Waals surface area (Å²) in [5, 5.41) is 7.59. The van der Waals surface area contributed by atoms with Crippen LogP contribution >= 0.6 is 15.9 Å². The highest BCUT2D eigenvalue weighted by molar-refractivity contribution is 9.10. The number of carbonyl (C=O) groups is 1. The van der Waals surface area contributed by atoms with Crippen LogP contribution in [0.15, 0.2) is 65.4 Å². The van der Waals surface area contributed by atoms with E-state index in [0.29, 0.717) is 24.9 Å². The van der Waals surface area contributed by atoms with Gasteiger partial charge in [-0.25, -0.2) is 4.98 Å². The maximum absolute atomic E-state index is 12.6. The molecule has 1 aliphatic rings. The quantitative estimate of drug-likeness (QED) is 0.382. The fourth-order valence-corrected chi connectivity index (χ4v) is 4.39. The summed E-state index contributed by atoms with van der Waals surface area (Å²) in [6.45, 7) is 1.09. The van der Waals surface area contributed by atoms with E-state index in [9.17, 15) is 4.79 Å². The van der Waals surface area contributed by atoms with Crippen LogP contribution in [0.1, 0.15) is 5.56 Å². The molecule has 3 heterocycles. The molecule has 0 aliphatic carbocycles. The predicted octanol–water partition coefficient (Wildman–Crippen LogP) is 4.73. The van der Waals surface area contributed by atoms with Crippen LogP contribution in [0.5, 0.6) is 0 Å². The minimum atomic E-state index is 0.0966. The van der Waals surface area contributed by atoms with Crippen molar-refractivity contribution >= 4 is 61.6 Å². The number of aromatic nitrogens is 3. The molecule has 1 aliphatic heterocycles. The van der Waals surface area contributed by atoms with E-state index >= 15 is 0 Å². The first-order chi connectivity index (χ1) is 16.4. The predicted molar refractivity (Wildman–Crippen MR) is 139 cm³/mol. The lowest BCUT2D eigenvalue weighted by Crippen LogP contribution is -2.36. The third-order valence-electron chi connectivity index (χ3n) is 5.56. The summed E-state index contributed by atoms with van der Waals surface area (Å²) >= 11 is 3.50. The summed E-state index contributed by atoms with van der Waals surface area (Å²) in [7, 11) is 3.80. The van der Waals surface area contributed by atoms with Crippen LogP contribution in [0, 0.1) is 0 Å². The summed E-state index contributed by atoms with van der Waals surface area (Å²) in [6.07, 6.45) is 4.34. The molecule has 2 aromatic carbocycles. The highest BCUT2D eigenvalue weighted by Crippen LogP contribution is 2.32. The molecule has 2 N–H and O–H groups in total. The Morgan fingerprint density at radius 1 is 1.06 bits per heavy atom. The molecule has 1 amide bonds. The van der Waals surface area contributed by atoms with Gasteiger partial charge in [-0.15, -0.1) is 0 Å². The van der Waals surface area contributed by atoms with Crippen LogP contribution in [-0.2, 0) is 11.2 Å². The van der Waals surface area contributed by atoms with Crippen molar-refractivity contribution in [3.8, 4) is 0 Å². The third-order valence-corrected chi connectivity index (χ3v) is 6.05. The monoisotopic (exact) mass is 517 g/mol. The molecule has 5 rings (SSSR count). The van der Waals surface area contributed by atoms with Gasteiger partial charge in [-0.1, -0.05) is 22.0 Å². The molecule has 0 saturated carbocycles. The molecule has 0 radical (unpaired) electrons. The average Bonchev–Trinajstić information content (AvgIpc) is 3.22. The second-order valence-corrected chi connectivity index (χ2v) is 9.37. The van der Waals surface area contributed by atoms with Crippen LogP contribution in [-0.4, -0.2) is 52.9 Å². The second-order valence-electron chi connectivity index (χ2n) is 8.45. The molecule has 34 heavy (non-hydrogen) atoms. The van der Waals surface area contributed by atoms with Gasteiger partial charge in [0, 0.05) is 34.0 Å². The molecule has 0 fully saturated rings. The van der Waals surface area contributed by atoms with Gasteiger partial charge in [-0.3, -0.25) is 9.78 Å². The second kappa shape index (κ2) is 9.36. The number of halogens is 1. The lowest BCUT2D eigenvalue weighted by atomic mass is 10.1. The summed E-state index contributed by atoms with van der Waals surface area (Å²) in [4.78, 5) is 29.8. The van der Waals surface area contributed by atoms with Crippen LogP contribution < -0.4 is 15.5 Å². The largest absolute Gasteiger partial charge is 0.339 e. The molecule has 0 atom stereocenters. The highest BCUT2D eigenvalue weighted by Gasteiger charge is 2.25. The van der Waals surface area contributed by atoms with E-state index in [1.807, 2.05) is 60.3 Å². The zero-order valence-electron chi connectivity index (χ0n) is 18.9. The lowest BCUT2D eigenvalue weighted by molar-refractivity contribution is -0.119. The van der Waals surface area contributed by atoms with E-state index in [4.69, 9.17) is 0 Å². The summed E-state index contributed by atoms with van der Waals surface area (Å²) < 4.78 is 1.00. The standard InChI is InChI=1S/C25H24BrN7O/c1-32(2)15-24(34)33-10-8-16-3-5-19(13-22(16)33)30-25-27-9-7-23(31-25)29-20-12-17-11-18(26)4-6-21(17)28-14-20/h3-7,9,11-14H,8,10,15H2,1-2H3,(H2,27,29,30,31). The van der Waals surface area contributed by atoms with Crippen molar-refractivity contribution in [2.45, 2.75) is 6.42 Å². The molecule has 2 aromatic heterocycles. The number of benzene rings is 2. The number of likely N-dealkylation sites (N-methyl/N-ethyl adjacent to an activating group) is 1. The molecule has 0 bridgehead atoms. The van der Waals surface area contributed by atoms with Gasteiger partial charge in [0.2, 0.25) is 11.9 Å². The Morgan fingerprint density at radius 3 is 2.79 bits per heavy atom. The first-order valence-electron chi connectivity index (χ1n) is 10.9. The number of carbonyl (C=O) groups excluding carboxylic acids is 1. The number of hydrogen-bond donors (Lipinski definition) is 2. The van der Waals surface area contributed by atoms with Crippen LogP contribution in [0.4, 0.5) is 28.8 Å². The van der Waals surface area contributed by atoms with E-state index in [1.54, 1.807) is 18.5 Å². The Balaban J connectivity index is 1.33. The topological polar surface area (TPSA) is 86.3 Å². The lowest BCUT2D eigenvalue weighted by Gasteiger charge is -2.20. The molecule has 0 saturated heterocycles. The van der Waals surface area contributed by atoms with Gasteiger partial charge in [0.05, 0.1) is 23.9 Å². The number of nitrogens with zero attached hydrogens (tertiary/aromatic N) is 5. The van der Waals surface area contributed by atoms with Crippen LogP contribution in [0.2, 0.25) is 0 Å². The smallest absolute Gasteiger partial charge is 0.241 e.